The van der Waals surface area contributed by atoms with Gasteiger partial charge in [0.2, 0.25) is 5.91 Å². The SMILES string of the molecule is CC(C(=O)NC(C(=O)O)C1CC1)c1cccc(F)c1. The maximum absolute atomic E-state index is 13.1. The molecule has 1 saturated carbocycles. The minimum absolute atomic E-state index is 0.0289. The van der Waals surface area contributed by atoms with Crippen molar-refractivity contribution in [2.45, 2.75) is 31.7 Å². The molecule has 102 valence electrons. The monoisotopic (exact) mass is 265 g/mol. The zero-order valence-corrected chi connectivity index (χ0v) is 10.6. The third-order valence-electron chi connectivity index (χ3n) is 3.40. The van der Waals surface area contributed by atoms with Crippen LogP contribution in [0.1, 0.15) is 31.2 Å². The summed E-state index contributed by atoms with van der Waals surface area (Å²) in [6.45, 7) is 1.63. The van der Waals surface area contributed by atoms with Crippen molar-refractivity contribution in [2.24, 2.45) is 5.92 Å². The Labute approximate surface area is 110 Å². The lowest BCUT2D eigenvalue weighted by Crippen LogP contribution is -2.44. The summed E-state index contributed by atoms with van der Waals surface area (Å²) in [5.41, 5.74) is 0.539. The maximum Gasteiger partial charge on any atom is 0.326 e. The Hall–Kier alpha value is -1.91. The number of nitrogens with one attached hydrogen (secondary N) is 1. The van der Waals surface area contributed by atoms with Crippen LogP contribution in [0.15, 0.2) is 24.3 Å². The van der Waals surface area contributed by atoms with Gasteiger partial charge < -0.3 is 10.4 Å². The Morgan fingerprint density at radius 3 is 2.63 bits per heavy atom. The Morgan fingerprint density at radius 2 is 2.11 bits per heavy atom. The molecule has 2 atom stereocenters. The number of amides is 1. The van der Waals surface area contributed by atoms with E-state index >= 15 is 0 Å². The van der Waals surface area contributed by atoms with E-state index in [4.69, 9.17) is 5.11 Å². The second-order valence-corrected chi connectivity index (χ2v) is 4.94. The fourth-order valence-electron chi connectivity index (χ4n) is 2.02. The molecule has 4 nitrogen and oxygen atoms in total. The summed E-state index contributed by atoms with van der Waals surface area (Å²) in [5.74, 6) is -2.35. The van der Waals surface area contributed by atoms with E-state index < -0.39 is 23.7 Å². The predicted octanol–water partition coefficient (Wildman–Crippen LogP) is 1.91. The van der Waals surface area contributed by atoms with E-state index in [2.05, 4.69) is 5.32 Å². The van der Waals surface area contributed by atoms with Gasteiger partial charge >= 0.3 is 5.97 Å². The van der Waals surface area contributed by atoms with Crippen molar-refractivity contribution in [3.05, 3.63) is 35.6 Å². The molecule has 0 aliphatic heterocycles. The van der Waals surface area contributed by atoms with Gasteiger partial charge in [-0.1, -0.05) is 12.1 Å². The van der Waals surface area contributed by atoms with Crippen molar-refractivity contribution in [2.75, 3.05) is 0 Å². The number of halogens is 1. The molecule has 2 unspecified atom stereocenters. The molecule has 5 heteroatoms. The van der Waals surface area contributed by atoms with Crippen molar-refractivity contribution in [1.29, 1.82) is 0 Å². The summed E-state index contributed by atoms with van der Waals surface area (Å²) in [6, 6.07) is 4.95. The lowest BCUT2D eigenvalue weighted by Gasteiger charge is -2.17. The van der Waals surface area contributed by atoms with Gasteiger partial charge in [-0.15, -0.1) is 0 Å². The molecule has 1 amide bonds. The average molecular weight is 265 g/mol. The van der Waals surface area contributed by atoms with Crippen LogP contribution in [0.3, 0.4) is 0 Å². The number of rotatable bonds is 5. The number of hydrogen-bond acceptors (Lipinski definition) is 2. The van der Waals surface area contributed by atoms with Crippen molar-refractivity contribution in [3.8, 4) is 0 Å². The van der Waals surface area contributed by atoms with Crippen LogP contribution in [0.25, 0.3) is 0 Å². The van der Waals surface area contributed by atoms with Crippen LogP contribution in [-0.4, -0.2) is 23.0 Å². The first-order valence-electron chi connectivity index (χ1n) is 6.27. The molecule has 2 N–H and O–H groups in total. The first-order chi connectivity index (χ1) is 8.99. The van der Waals surface area contributed by atoms with Gasteiger partial charge in [-0.05, 0) is 43.4 Å². The van der Waals surface area contributed by atoms with Crippen LogP contribution in [-0.2, 0) is 9.59 Å². The van der Waals surface area contributed by atoms with Crippen molar-refractivity contribution in [3.63, 3.8) is 0 Å². The molecule has 2 rings (SSSR count). The first kappa shape index (κ1) is 13.5. The number of carbonyl (C=O) groups excluding carboxylic acids is 1. The molecular formula is C14H16FNO3. The highest BCUT2D eigenvalue weighted by atomic mass is 19.1. The van der Waals surface area contributed by atoms with Gasteiger partial charge in [0.25, 0.3) is 0 Å². The van der Waals surface area contributed by atoms with Crippen LogP contribution in [0, 0.1) is 11.7 Å². The largest absolute Gasteiger partial charge is 0.480 e. The second-order valence-electron chi connectivity index (χ2n) is 4.94. The van der Waals surface area contributed by atoms with E-state index in [0.29, 0.717) is 5.56 Å². The van der Waals surface area contributed by atoms with E-state index in [1.807, 2.05) is 0 Å². The van der Waals surface area contributed by atoms with Crippen LogP contribution in [0.4, 0.5) is 4.39 Å². The third kappa shape index (κ3) is 3.30. The number of carboxylic acid groups (broad SMARTS) is 1. The Kier molecular flexibility index (Phi) is 3.83. The van der Waals surface area contributed by atoms with Gasteiger partial charge in [-0.2, -0.15) is 0 Å². The van der Waals surface area contributed by atoms with E-state index in [0.717, 1.165) is 12.8 Å². The zero-order chi connectivity index (χ0) is 14.0. The van der Waals surface area contributed by atoms with Gasteiger partial charge in [0, 0.05) is 0 Å². The number of aliphatic carboxylic acids is 1. The van der Waals surface area contributed by atoms with E-state index in [1.165, 1.54) is 18.2 Å². The highest BCUT2D eigenvalue weighted by molar-refractivity contribution is 5.88. The molecule has 0 bridgehead atoms. The van der Waals surface area contributed by atoms with Crippen LogP contribution in [0.5, 0.6) is 0 Å². The fourth-order valence-corrected chi connectivity index (χ4v) is 2.02. The molecule has 1 aromatic carbocycles. The molecule has 19 heavy (non-hydrogen) atoms. The number of benzene rings is 1. The fraction of sp³-hybridized carbons (Fsp3) is 0.429. The van der Waals surface area contributed by atoms with Crippen LogP contribution >= 0.6 is 0 Å². The van der Waals surface area contributed by atoms with Gasteiger partial charge in [0.05, 0.1) is 5.92 Å². The molecule has 0 radical (unpaired) electrons. The summed E-state index contributed by atoms with van der Waals surface area (Å²) in [7, 11) is 0. The average Bonchev–Trinajstić information content (AvgIpc) is 3.18. The van der Waals surface area contributed by atoms with Crippen LogP contribution in [0.2, 0.25) is 0 Å². The lowest BCUT2D eigenvalue weighted by molar-refractivity contribution is -0.142. The highest BCUT2D eigenvalue weighted by Crippen LogP contribution is 2.33. The normalized spacial score (nSPS) is 17.6. The lowest BCUT2D eigenvalue weighted by atomic mass is 9.99. The smallest absolute Gasteiger partial charge is 0.326 e. The Morgan fingerprint density at radius 1 is 1.42 bits per heavy atom. The molecule has 1 fully saturated rings. The van der Waals surface area contributed by atoms with Crippen LogP contribution < -0.4 is 5.32 Å². The standard InChI is InChI=1S/C14H16FNO3/c1-8(10-3-2-4-11(15)7-10)13(17)16-12(14(18)19)9-5-6-9/h2-4,7-9,12H,5-6H2,1H3,(H,16,17)(H,18,19). The van der Waals surface area contributed by atoms with Gasteiger partial charge in [-0.3, -0.25) is 4.79 Å². The molecule has 1 aliphatic rings. The first-order valence-corrected chi connectivity index (χ1v) is 6.27. The second kappa shape index (κ2) is 5.38. The number of hydrogen-bond donors (Lipinski definition) is 2. The summed E-state index contributed by atoms with van der Waals surface area (Å²) >= 11 is 0. The van der Waals surface area contributed by atoms with E-state index in [9.17, 15) is 14.0 Å². The summed E-state index contributed by atoms with van der Waals surface area (Å²) in [4.78, 5) is 23.1. The van der Waals surface area contributed by atoms with Crippen molar-refractivity contribution in [1.82, 2.24) is 5.32 Å². The number of carboxylic acids is 1. The molecule has 0 aromatic heterocycles. The van der Waals surface area contributed by atoms with Gasteiger partial charge in [0.1, 0.15) is 11.9 Å². The highest BCUT2D eigenvalue weighted by Gasteiger charge is 2.37. The predicted molar refractivity (Wildman–Crippen MR) is 67.1 cm³/mol. The maximum atomic E-state index is 13.1. The topological polar surface area (TPSA) is 66.4 Å². The molecule has 1 aliphatic carbocycles. The Bertz CT molecular complexity index is 499. The van der Waals surface area contributed by atoms with Gasteiger partial charge in [-0.25, -0.2) is 9.18 Å². The molecule has 0 saturated heterocycles. The molecule has 0 spiro atoms. The minimum Gasteiger partial charge on any atom is -0.480 e. The number of carbonyl (C=O) groups is 2. The molecule has 1 aromatic rings. The summed E-state index contributed by atoms with van der Waals surface area (Å²) < 4.78 is 13.1. The van der Waals surface area contributed by atoms with Gasteiger partial charge in [0.15, 0.2) is 0 Å². The van der Waals surface area contributed by atoms with Crippen molar-refractivity contribution >= 4 is 11.9 Å². The molecular weight excluding hydrogens is 249 g/mol. The summed E-state index contributed by atoms with van der Waals surface area (Å²) in [6.07, 6.45) is 1.65. The Balaban J connectivity index is 2.04. The van der Waals surface area contributed by atoms with Crippen molar-refractivity contribution < 1.29 is 19.1 Å². The van der Waals surface area contributed by atoms with E-state index in [-0.39, 0.29) is 11.8 Å². The van der Waals surface area contributed by atoms with E-state index in [1.54, 1.807) is 13.0 Å². The third-order valence-corrected chi connectivity index (χ3v) is 3.40. The quantitative estimate of drug-likeness (QED) is 0.854. The zero-order valence-electron chi connectivity index (χ0n) is 10.6. The molecule has 0 heterocycles. The minimum atomic E-state index is -1.01. The summed E-state index contributed by atoms with van der Waals surface area (Å²) in [5, 5.41) is 11.6.